The predicted molar refractivity (Wildman–Crippen MR) is 246 cm³/mol. The van der Waals surface area contributed by atoms with Gasteiger partial charge in [0.1, 0.15) is 28.6 Å². The van der Waals surface area contributed by atoms with Gasteiger partial charge in [-0.25, -0.2) is 4.42 Å². The second-order valence-corrected chi connectivity index (χ2v) is 18.7. The van der Waals surface area contributed by atoms with Crippen LogP contribution < -0.4 is 30.8 Å². The molecule has 0 saturated carbocycles. The molecule has 6 nitrogen and oxygen atoms in total. The van der Waals surface area contributed by atoms with E-state index >= 15 is 0 Å². The fourth-order valence-corrected chi connectivity index (χ4v) is 7.01. The van der Waals surface area contributed by atoms with Crippen LogP contribution in [0.25, 0.3) is 46.3 Å². The van der Waals surface area contributed by atoms with E-state index in [1.165, 1.54) is 0 Å². The predicted octanol–water partition coefficient (Wildman–Crippen LogP) is 12.3. The van der Waals surface area contributed by atoms with Crippen molar-refractivity contribution in [1.29, 1.82) is 0 Å². The van der Waals surface area contributed by atoms with Gasteiger partial charge in [-0.3, -0.25) is 9.59 Å². The molecule has 0 radical (unpaired) electrons. The highest BCUT2D eigenvalue weighted by Crippen LogP contribution is 2.39. The van der Waals surface area contributed by atoms with Crippen molar-refractivity contribution in [3.8, 4) is 34.1 Å². The Morgan fingerprint density at radius 3 is 1.72 bits per heavy atom. The number of hydrogen-bond donors (Lipinski definition) is 0. The molecule has 2 heterocycles. The van der Waals surface area contributed by atoms with E-state index in [1.807, 2.05) is 60.7 Å². The van der Waals surface area contributed by atoms with Gasteiger partial charge in [0.25, 0.3) is 0 Å². The Morgan fingerprint density at radius 2 is 1.12 bits per heavy atom. The Labute approximate surface area is 369 Å². The summed E-state index contributed by atoms with van der Waals surface area (Å²) in [4.78, 5) is 27.9. The van der Waals surface area contributed by atoms with Crippen LogP contribution in [0.5, 0.6) is 11.5 Å². The Balaban J connectivity index is 1.33. The number of hydrogen-bond acceptors (Lipinski definition) is 5. The average molecular weight is 882 g/mol. The van der Waals surface area contributed by atoms with Crippen LogP contribution in [0.15, 0.2) is 123 Å². The van der Waals surface area contributed by atoms with Gasteiger partial charge in [0.05, 0.1) is 67.0 Å². The highest BCUT2D eigenvalue weighted by atomic mass is 35.5. The molecule has 6 aromatic rings. The SMILES string of the molecule is CC(C)(C)COc1ccccc1C1=CC(C=c2c(=O)c(=Cc3cc(-c4ccc(Cl)c(Cl)c4)[o+]c(-c4ccccc4OCC(C)(C)C)c3)c2=O)C=C(c2ccc(Cl)c(Cl)c2)O1. The molecule has 0 bridgehead atoms. The van der Waals surface area contributed by atoms with E-state index in [0.29, 0.717) is 90.1 Å². The number of ether oxygens (including phenoxy) is 3. The van der Waals surface area contributed by atoms with Crippen LogP contribution in [0.2, 0.25) is 20.1 Å². The fourth-order valence-electron chi connectivity index (χ4n) is 6.42. The van der Waals surface area contributed by atoms with Crippen molar-refractivity contribution >= 4 is 70.1 Å². The lowest BCUT2D eigenvalue weighted by Crippen LogP contribution is -2.64. The topological polar surface area (TPSA) is 73.1 Å². The molecule has 5 aromatic carbocycles. The molecule has 60 heavy (non-hydrogen) atoms. The third-order valence-electron chi connectivity index (χ3n) is 9.41. The Hall–Kier alpha value is -5.11. The molecule has 306 valence electrons. The lowest BCUT2D eigenvalue weighted by Gasteiger charge is -2.24. The van der Waals surface area contributed by atoms with Crippen LogP contribution in [0.4, 0.5) is 0 Å². The number of benzene rings is 4. The minimum Gasteiger partial charge on any atom is -0.492 e. The van der Waals surface area contributed by atoms with Crippen molar-refractivity contribution in [2.75, 3.05) is 13.2 Å². The summed E-state index contributed by atoms with van der Waals surface area (Å²) in [6.07, 6.45) is 6.95. The zero-order valence-corrected chi connectivity index (χ0v) is 37.0. The van der Waals surface area contributed by atoms with Gasteiger partial charge in [0, 0.05) is 11.5 Å². The van der Waals surface area contributed by atoms with Gasteiger partial charge in [-0.15, -0.1) is 0 Å². The second-order valence-electron chi connectivity index (χ2n) is 17.1. The smallest absolute Gasteiger partial charge is 0.365 e. The van der Waals surface area contributed by atoms with E-state index in [2.05, 4.69) is 41.5 Å². The molecular weight excluding hydrogens is 838 g/mol. The summed E-state index contributed by atoms with van der Waals surface area (Å²) < 4.78 is 25.5. The molecule has 1 unspecified atom stereocenters. The van der Waals surface area contributed by atoms with E-state index in [0.717, 1.165) is 5.56 Å². The monoisotopic (exact) mass is 879 g/mol. The van der Waals surface area contributed by atoms with Gasteiger partial charge in [-0.2, -0.15) is 0 Å². The Morgan fingerprint density at radius 1 is 0.600 bits per heavy atom. The molecule has 1 aliphatic heterocycles. The maximum atomic E-state index is 13.9. The summed E-state index contributed by atoms with van der Waals surface area (Å²) in [6.45, 7) is 13.5. The van der Waals surface area contributed by atoms with Crippen molar-refractivity contribution in [1.82, 2.24) is 0 Å². The first kappa shape index (κ1) is 43.0. The summed E-state index contributed by atoms with van der Waals surface area (Å²) in [5, 5.41) is 1.62. The molecule has 0 aliphatic carbocycles. The lowest BCUT2D eigenvalue weighted by atomic mass is 9.96. The van der Waals surface area contributed by atoms with Crippen molar-refractivity contribution in [2.45, 2.75) is 41.5 Å². The highest BCUT2D eigenvalue weighted by molar-refractivity contribution is 6.42. The fraction of sp³-hybridized carbons (Fsp3) is 0.220. The summed E-state index contributed by atoms with van der Waals surface area (Å²) in [5.74, 6) is 2.66. The van der Waals surface area contributed by atoms with Gasteiger partial charge in [0.2, 0.25) is 10.9 Å². The molecule has 0 spiro atoms. The van der Waals surface area contributed by atoms with Crippen molar-refractivity contribution in [2.24, 2.45) is 16.7 Å². The van der Waals surface area contributed by atoms with E-state index in [1.54, 1.807) is 60.7 Å². The number of para-hydroxylation sites is 2. The van der Waals surface area contributed by atoms with Crippen LogP contribution in [0, 0.1) is 16.7 Å². The third-order valence-corrected chi connectivity index (χ3v) is 10.9. The van der Waals surface area contributed by atoms with Gasteiger partial charge >= 0.3 is 11.5 Å². The van der Waals surface area contributed by atoms with Crippen molar-refractivity contribution in [3.05, 3.63) is 177 Å². The number of allylic oxidation sites excluding steroid dienone is 2. The maximum Gasteiger partial charge on any atom is 0.365 e. The summed E-state index contributed by atoms with van der Waals surface area (Å²) in [5.41, 5.74) is 2.37. The molecule has 0 saturated heterocycles. The average Bonchev–Trinajstić information content (AvgIpc) is 3.21. The highest BCUT2D eigenvalue weighted by Gasteiger charge is 2.26. The van der Waals surface area contributed by atoms with Gasteiger partial charge in [0.15, 0.2) is 0 Å². The first-order valence-electron chi connectivity index (χ1n) is 19.4. The first-order valence-corrected chi connectivity index (χ1v) is 20.9. The Kier molecular flexibility index (Phi) is 12.5. The normalized spacial score (nSPS) is 14.3. The molecule has 0 N–H and O–H groups in total. The molecule has 7 rings (SSSR count). The minimum absolute atomic E-state index is 0.0432. The second kappa shape index (κ2) is 17.5. The van der Waals surface area contributed by atoms with Crippen LogP contribution in [0.3, 0.4) is 0 Å². The minimum atomic E-state index is -0.508. The molecule has 0 amide bonds. The molecule has 1 aliphatic rings. The van der Waals surface area contributed by atoms with Crippen molar-refractivity contribution in [3.63, 3.8) is 0 Å². The van der Waals surface area contributed by atoms with Gasteiger partial charge in [-0.05, 0) is 95.3 Å². The maximum absolute atomic E-state index is 13.9. The largest absolute Gasteiger partial charge is 0.492 e. The molecular formula is C50H43Cl4O6+. The van der Waals surface area contributed by atoms with Crippen LogP contribution in [0.1, 0.15) is 58.2 Å². The quantitative estimate of drug-likeness (QED) is 0.128. The van der Waals surface area contributed by atoms with Crippen molar-refractivity contribution < 1.29 is 18.6 Å². The van der Waals surface area contributed by atoms with E-state index in [-0.39, 0.29) is 32.1 Å². The number of halogens is 4. The summed E-state index contributed by atoms with van der Waals surface area (Å²) in [7, 11) is 0. The van der Waals surface area contributed by atoms with Gasteiger partial charge in [-0.1, -0.05) is 118 Å². The third kappa shape index (κ3) is 10.1. The lowest BCUT2D eigenvalue weighted by molar-refractivity contribution is 0.197. The zero-order valence-electron chi connectivity index (χ0n) is 34.0. The molecule has 10 heteroatoms. The standard InChI is InChI=1S/C50H43Cl4O6/c1-49(2,3)27-57-41-13-9-7-11-33(41)45-23-29(21-43(59-45)31-15-17-37(51)39(53)25-31)19-35-47(55)36(48(35)56)20-30-22-44(32-16-18-38(52)40(54)26-32)60-46(24-30)34-12-8-10-14-42(34)58-28-50(4,5)6/h7-26,29H,27-28H2,1-6H3/q+1. The van der Waals surface area contributed by atoms with Gasteiger partial charge < -0.3 is 14.2 Å². The van der Waals surface area contributed by atoms with E-state index in [4.69, 9.17) is 65.0 Å². The number of rotatable bonds is 10. The van der Waals surface area contributed by atoms with Crippen LogP contribution in [-0.4, -0.2) is 13.2 Å². The van der Waals surface area contributed by atoms with E-state index in [9.17, 15) is 9.59 Å². The molecule has 1 aromatic heterocycles. The Bertz CT molecular complexity index is 2840. The van der Waals surface area contributed by atoms with Crippen LogP contribution >= 0.6 is 46.4 Å². The first-order chi connectivity index (χ1) is 28.4. The zero-order chi connectivity index (χ0) is 42.9. The molecule has 0 fully saturated rings. The summed E-state index contributed by atoms with van der Waals surface area (Å²) in [6, 6.07) is 29.1. The van der Waals surface area contributed by atoms with Crippen LogP contribution in [-0.2, 0) is 4.74 Å². The molecule has 1 atom stereocenters. The summed E-state index contributed by atoms with van der Waals surface area (Å²) >= 11 is 25.4. The van der Waals surface area contributed by atoms with E-state index < -0.39 is 5.92 Å².